The van der Waals surface area contributed by atoms with Gasteiger partial charge in [-0.3, -0.25) is 4.90 Å². The second kappa shape index (κ2) is 6.52. The smallest absolute Gasteiger partial charge is 0.337 e. The van der Waals surface area contributed by atoms with E-state index in [1.54, 1.807) is 0 Å². The first kappa shape index (κ1) is 13.1. The van der Waals surface area contributed by atoms with Gasteiger partial charge in [0, 0.05) is 26.2 Å². The molecule has 0 aromatic heterocycles. The van der Waals surface area contributed by atoms with E-state index < -0.39 is 0 Å². The van der Waals surface area contributed by atoms with Gasteiger partial charge in [-0.15, -0.1) is 0 Å². The predicted octanol–water partition coefficient (Wildman–Crippen LogP) is 1.70. The van der Waals surface area contributed by atoms with Crippen molar-refractivity contribution in [1.82, 2.24) is 4.90 Å². The number of nitrogens with zero attached hydrogens (tertiary/aromatic N) is 1. The molecule has 4 nitrogen and oxygen atoms in total. The number of ether oxygens (including phenoxy) is 2. The summed E-state index contributed by atoms with van der Waals surface area (Å²) < 4.78 is 10.1. The van der Waals surface area contributed by atoms with Crippen LogP contribution in [0.1, 0.15) is 22.3 Å². The largest absolute Gasteiger partial charge is 0.465 e. The normalized spacial score (nSPS) is 17.2. The summed E-state index contributed by atoms with van der Waals surface area (Å²) in [4.78, 5) is 13.7. The molecule has 18 heavy (non-hydrogen) atoms. The second-order valence-electron chi connectivity index (χ2n) is 4.43. The molecule has 1 aromatic carbocycles. The Labute approximate surface area is 107 Å². The number of carbonyl (C=O) groups excluding carboxylic acids is 1. The number of carbonyl (C=O) groups is 1. The highest BCUT2D eigenvalue weighted by Crippen LogP contribution is 2.10. The molecule has 1 aliphatic heterocycles. The van der Waals surface area contributed by atoms with Crippen molar-refractivity contribution in [2.45, 2.75) is 13.0 Å². The van der Waals surface area contributed by atoms with Crippen LogP contribution >= 0.6 is 0 Å². The van der Waals surface area contributed by atoms with E-state index in [0.29, 0.717) is 5.56 Å². The minimum atomic E-state index is -0.287. The maximum absolute atomic E-state index is 11.3. The van der Waals surface area contributed by atoms with Crippen LogP contribution in [0.15, 0.2) is 24.3 Å². The van der Waals surface area contributed by atoms with Gasteiger partial charge in [0.05, 0.1) is 19.3 Å². The number of hydrogen-bond acceptors (Lipinski definition) is 4. The van der Waals surface area contributed by atoms with Crippen molar-refractivity contribution in [3.63, 3.8) is 0 Å². The van der Waals surface area contributed by atoms with Crippen molar-refractivity contribution in [1.29, 1.82) is 0 Å². The van der Waals surface area contributed by atoms with E-state index in [9.17, 15) is 4.79 Å². The molecular weight excluding hydrogens is 230 g/mol. The molecular formula is C14H19NO3. The summed E-state index contributed by atoms with van der Waals surface area (Å²) in [6, 6.07) is 7.60. The van der Waals surface area contributed by atoms with Gasteiger partial charge in [0.2, 0.25) is 0 Å². The Morgan fingerprint density at radius 2 is 2.06 bits per heavy atom. The lowest BCUT2D eigenvalue weighted by Crippen LogP contribution is -2.25. The Hall–Kier alpha value is -1.39. The van der Waals surface area contributed by atoms with Gasteiger partial charge in [0.1, 0.15) is 0 Å². The summed E-state index contributed by atoms with van der Waals surface area (Å²) in [5.41, 5.74) is 1.81. The molecule has 0 spiro atoms. The lowest BCUT2D eigenvalue weighted by Gasteiger charge is -2.19. The predicted molar refractivity (Wildman–Crippen MR) is 68.5 cm³/mol. The van der Waals surface area contributed by atoms with Crippen LogP contribution in [0, 0.1) is 0 Å². The van der Waals surface area contributed by atoms with Crippen molar-refractivity contribution in [2.24, 2.45) is 0 Å². The molecule has 1 saturated heterocycles. The van der Waals surface area contributed by atoms with E-state index in [-0.39, 0.29) is 5.97 Å². The average molecular weight is 249 g/mol. The molecule has 0 amide bonds. The van der Waals surface area contributed by atoms with Crippen molar-refractivity contribution in [3.8, 4) is 0 Å². The van der Waals surface area contributed by atoms with E-state index in [1.807, 2.05) is 24.3 Å². The molecule has 0 saturated carbocycles. The Kier molecular flexibility index (Phi) is 4.73. The quantitative estimate of drug-likeness (QED) is 0.764. The summed E-state index contributed by atoms with van der Waals surface area (Å²) >= 11 is 0. The molecule has 0 radical (unpaired) electrons. The maximum Gasteiger partial charge on any atom is 0.337 e. The van der Waals surface area contributed by atoms with Crippen LogP contribution in [0.4, 0.5) is 0 Å². The number of rotatable bonds is 3. The zero-order chi connectivity index (χ0) is 12.8. The molecule has 1 aromatic rings. The zero-order valence-corrected chi connectivity index (χ0v) is 10.7. The fourth-order valence-corrected chi connectivity index (χ4v) is 2.08. The average Bonchev–Trinajstić information content (AvgIpc) is 2.67. The van der Waals surface area contributed by atoms with Gasteiger partial charge in [-0.1, -0.05) is 12.1 Å². The Morgan fingerprint density at radius 1 is 1.28 bits per heavy atom. The number of benzene rings is 1. The van der Waals surface area contributed by atoms with Crippen LogP contribution in [-0.4, -0.2) is 44.3 Å². The van der Waals surface area contributed by atoms with Crippen LogP contribution < -0.4 is 0 Å². The monoisotopic (exact) mass is 249 g/mol. The van der Waals surface area contributed by atoms with Crippen LogP contribution in [0.25, 0.3) is 0 Å². The van der Waals surface area contributed by atoms with Crippen LogP contribution in [0.3, 0.4) is 0 Å². The summed E-state index contributed by atoms with van der Waals surface area (Å²) in [5, 5.41) is 0. The molecule has 0 N–H and O–H groups in total. The van der Waals surface area contributed by atoms with Gasteiger partial charge in [-0.05, 0) is 24.1 Å². The molecule has 1 heterocycles. The third-order valence-electron chi connectivity index (χ3n) is 3.10. The highest BCUT2D eigenvalue weighted by molar-refractivity contribution is 5.89. The first-order valence-corrected chi connectivity index (χ1v) is 6.27. The first-order valence-electron chi connectivity index (χ1n) is 6.27. The number of methoxy groups -OCH3 is 1. The molecule has 0 atom stereocenters. The van der Waals surface area contributed by atoms with Crippen LogP contribution in [-0.2, 0) is 16.0 Å². The van der Waals surface area contributed by atoms with Crippen LogP contribution in [0.5, 0.6) is 0 Å². The molecule has 98 valence electrons. The van der Waals surface area contributed by atoms with Gasteiger partial charge in [-0.25, -0.2) is 4.79 Å². The molecule has 2 rings (SSSR count). The second-order valence-corrected chi connectivity index (χ2v) is 4.43. The molecule has 0 unspecified atom stereocenters. The van der Waals surface area contributed by atoms with E-state index in [1.165, 1.54) is 12.7 Å². The van der Waals surface area contributed by atoms with Crippen molar-refractivity contribution in [3.05, 3.63) is 35.4 Å². The van der Waals surface area contributed by atoms with E-state index in [2.05, 4.69) is 9.64 Å². The topological polar surface area (TPSA) is 38.8 Å². The van der Waals surface area contributed by atoms with E-state index in [4.69, 9.17) is 4.74 Å². The van der Waals surface area contributed by atoms with Crippen molar-refractivity contribution >= 4 is 5.97 Å². The van der Waals surface area contributed by atoms with Crippen LogP contribution in [0.2, 0.25) is 0 Å². The lowest BCUT2D eigenvalue weighted by atomic mass is 10.1. The van der Waals surface area contributed by atoms with E-state index in [0.717, 1.165) is 39.3 Å². The molecule has 0 bridgehead atoms. The zero-order valence-electron chi connectivity index (χ0n) is 10.7. The van der Waals surface area contributed by atoms with Crippen molar-refractivity contribution in [2.75, 3.05) is 33.4 Å². The summed E-state index contributed by atoms with van der Waals surface area (Å²) in [5.74, 6) is -0.287. The Balaban J connectivity index is 1.94. The maximum atomic E-state index is 11.3. The SMILES string of the molecule is COC(=O)c1ccc(CN2CCCOCC2)cc1. The third-order valence-corrected chi connectivity index (χ3v) is 3.10. The Bertz CT molecular complexity index is 381. The summed E-state index contributed by atoms with van der Waals surface area (Å²) in [6.07, 6.45) is 1.08. The molecule has 4 heteroatoms. The Morgan fingerprint density at radius 3 is 2.78 bits per heavy atom. The third kappa shape index (κ3) is 3.55. The minimum absolute atomic E-state index is 0.287. The van der Waals surface area contributed by atoms with Gasteiger partial charge >= 0.3 is 5.97 Å². The molecule has 1 fully saturated rings. The van der Waals surface area contributed by atoms with Gasteiger partial charge in [0.15, 0.2) is 0 Å². The summed E-state index contributed by atoms with van der Waals surface area (Å²) in [7, 11) is 1.40. The fraction of sp³-hybridized carbons (Fsp3) is 0.500. The first-order chi connectivity index (χ1) is 8.79. The fourth-order valence-electron chi connectivity index (χ4n) is 2.08. The highest BCUT2D eigenvalue weighted by Gasteiger charge is 2.10. The summed E-state index contributed by atoms with van der Waals surface area (Å²) in [6.45, 7) is 4.61. The number of hydrogen-bond donors (Lipinski definition) is 0. The minimum Gasteiger partial charge on any atom is -0.465 e. The van der Waals surface area contributed by atoms with Gasteiger partial charge in [0.25, 0.3) is 0 Å². The van der Waals surface area contributed by atoms with Gasteiger partial charge in [-0.2, -0.15) is 0 Å². The highest BCUT2D eigenvalue weighted by atomic mass is 16.5. The van der Waals surface area contributed by atoms with Crippen molar-refractivity contribution < 1.29 is 14.3 Å². The van der Waals surface area contributed by atoms with Gasteiger partial charge < -0.3 is 9.47 Å². The van der Waals surface area contributed by atoms with E-state index >= 15 is 0 Å². The standard InChI is InChI=1S/C14H19NO3/c1-17-14(16)13-5-3-12(4-6-13)11-15-7-2-9-18-10-8-15/h3-6H,2,7-11H2,1H3. The number of esters is 1. The lowest BCUT2D eigenvalue weighted by molar-refractivity contribution is 0.0600. The molecule has 0 aliphatic carbocycles. The molecule has 1 aliphatic rings.